The summed E-state index contributed by atoms with van der Waals surface area (Å²) in [6.07, 6.45) is 3.53. The van der Waals surface area contributed by atoms with Crippen molar-refractivity contribution in [3.05, 3.63) is 30.4 Å². The Kier molecular flexibility index (Phi) is 1.96. The minimum absolute atomic E-state index is 0.480. The maximum atomic E-state index is 4.34. The zero-order valence-electron chi connectivity index (χ0n) is 8.20. The number of H-pyrrole nitrogens is 1. The van der Waals surface area contributed by atoms with Gasteiger partial charge in [-0.25, -0.2) is 9.50 Å². The van der Waals surface area contributed by atoms with Crippen LogP contribution in [-0.4, -0.2) is 35.2 Å². The first-order valence-corrected chi connectivity index (χ1v) is 4.68. The lowest BCUT2D eigenvalue weighted by atomic mass is 10.5. The molecule has 3 aromatic rings. The molecule has 0 aliphatic carbocycles. The molecule has 3 aromatic heterocycles. The van der Waals surface area contributed by atoms with Gasteiger partial charge in [-0.15, -0.1) is 10.2 Å². The molecule has 0 aromatic carbocycles. The van der Waals surface area contributed by atoms with Crippen molar-refractivity contribution in [2.75, 3.05) is 5.32 Å². The summed E-state index contributed by atoms with van der Waals surface area (Å²) >= 11 is 0. The molecule has 80 valence electrons. The van der Waals surface area contributed by atoms with Crippen LogP contribution >= 0.6 is 0 Å². The second kappa shape index (κ2) is 3.57. The molecular weight excluding hydrogens is 208 g/mol. The Balaban J connectivity index is 1.78. The molecule has 0 fully saturated rings. The summed E-state index contributed by atoms with van der Waals surface area (Å²) in [5, 5.41) is 20.7. The van der Waals surface area contributed by atoms with E-state index in [0.29, 0.717) is 12.4 Å². The molecule has 16 heavy (non-hydrogen) atoms. The smallest absolute Gasteiger partial charge is 0.193 e. The van der Waals surface area contributed by atoms with Crippen molar-refractivity contribution in [3.63, 3.8) is 0 Å². The minimum Gasteiger partial charge on any atom is -0.363 e. The topological polar surface area (TPSA) is 96.7 Å². The van der Waals surface area contributed by atoms with Crippen LogP contribution in [0.25, 0.3) is 5.65 Å². The van der Waals surface area contributed by atoms with Crippen LogP contribution < -0.4 is 5.32 Å². The standard InChI is InChI=1S/C8H8N8/c1-3-10-16-4-2-6(11-8(1)16)9-5-7-12-14-15-13-7/h1-4H,5H2,(H,9,11)(H,12,13,14,15). The lowest BCUT2D eigenvalue weighted by Gasteiger charge is -2.02. The van der Waals surface area contributed by atoms with E-state index in [0.717, 1.165) is 11.5 Å². The van der Waals surface area contributed by atoms with Crippen LogP contribution in [0.3, 0.4) is 0 Å². The molecule has 2 N–H and O–H groups in total. The average Bonchev–Trinajstić information content (AvgIpc) is 2.97. The van der Waals surface area contributed by atoms with Gasteiger partial charge in [0, 0.05) is 12.3 Å². The molecule has 0 saturated carbocycles. The van der Waals surface area contributed by atoms with Crippen molar-refractivity contribution in [3.8, 4) is 0 Å². The van der Waals surface area contributed by atoms with Crippen molar-refractivity contribution in [1.29, 1.82) is 0 Å². The van der Waals surface area contributed by atoms with Crippen LogP contribution in [0.15, 0.2) is 24.5 Å². The number of nitrogens with one attached hydrogen (secondary N) is 2. The Labute approximate surface area is 89.7 Å². The molecule has 3 rings (SSSR count). The molecule has 0 aliphatic heterocycles. The van der Waals surface area contributed by atoms with Crippen LogP contribution in [0.5, 0.6) is 0 Å². The highest BCUT2D eigenvalue weighted by molar-refractivity contribution is 5.45. The van der Waals surface area contributed by atoms with Gasteiger partial charge in [-0.3, -0.25) is 0 Å². The molecule has 0 spiro atoms. The Morgan fingerprint density at radius 3 is 3.25 bits per heavy atom. The lowest BCUT2D eigenvalue weighted by Crippen LogP contribution is -2.04. The highest BCUT2D eigenvalue weighted by Crippen LogP contribution is 2.06. The summed E-state index contributed by atoms with van der Waals surface area (Å²) in [6, 6.07) is 3.67. The highest BCUT2D eigenvalue weighted by Gasteiger charge is 2.00. The van der Waals surface area contributed by atoms with E-state index in [-0.39, 0.29) is 0 Å². The van der Waals surface area contributed by atoms with Gasteiger partial charge < -0.3 is 5.32 Å². The summed E-state index contributed by atoms with van der Waals surface area (Å²) in [5.41, 5.74) is 0.790. The van der Waals surface area contributed by atoms with Gasteiger partial charge in [-0.1, -0.05) is 5.21 Å². The van der Waals surface area contributed by atoms with E-state index in [2.05, 4.69) is 36.0 Å². The second-order valence-corrected chi connectivity index (χ2v) is 3.13. The lowest BCUT2D eigenvalue weighted by molar-refractivity contribution is 0.881. The number of aromatic nitrogens is 7. The molecule has 0 radical (unpaired) electrons. The Morgan fingerprint density at radius 1 is 1.38 bits per heavy atom. The number of anilines is 1. The largest absolute Gasteiger partial charge is 0.363 e. The third kappa shape index (κ3) is 1.56. The number of hydrogen-bond acceptors (Lipinski definition) is 6. The molecule has 0 amide bonds. The van der Waals surface area contributed by atoms with Crippen molar-refractivity contribution >= 4 is 11.5 Å². The average molecular weight is 216 g/mol. The first-order chi connectivity index (χ1) is 7.92. The SMILES string of the molecule is c1cc2nc(NCc3nn[nH]n3)ccn2n1. The second-order valence-electron chi connectivity index (χ2n) is 3.13. The summed E-state index contributed by atoms with van der Waals surface area (Å²) in [6.45, 7) is 0.480. The van der Waals surface area contributed by atoms with Crippen molar-refractivity contribution < 1.29 is 0 Å². The minimum atomic E-state index is 0.480. The van der Waals surface area contributed by atoms with Crippen LogP contribution in [-0.2, 0) is 6.54 Å². The van der Waals surface area contributed by atoms with E-state index in [9.17, 15) is 0 Å². The number of nitrogens with zero attached hydrogens (tertiary/aromatic N) is 6. The number of aromatic amines is 1. The van der Waals surface area contributed by atoms with Crippen LogP contribution in [0.1, 0.15) is 5.82 Å². The first kappa shape index (κ1) is 8.77. The first-order valence-electron chi connectivity index (χ1n) is 4.68. The molecule has 0 bridgehead atoms. The number of fused-ring (bicyclic) bond motifs is 1. The van der Waals surface area contributed by atoms with Gasteiger partial charge in [0.15, 0.2) is 11.5 Å². The molecular formula is C8H8N8. The number of rotatable bonds is 3. The Morgan fingerprint density at radius 2 is 2.38 bits per heavy atom. The number of tetrazole rings is 1. The number of hydrogen-bond donors (Lipinski definition) is 2. The van der Waals surface area contributed by atoms with Crippen LogP contribution in [0.2, 0.25) is 0 Å². The van der Waals surface area contributed by atoms with Crippen molar-refractivity contribution in [1.82, 2.24) is 35.2 Å². The fourth-order valence-electron chi connectivity index (χ4n) is 1.34. The monoisotopic (exact) mass is 216 g/mol. The molecule has 0 saturated heterocycles. The van der Waals surface area contributed by atoms with Gasteiger partial charge in [0.2, 0.25) is 0 Å². The van der Waals surface area contributed by atoms with E-state index in [1.54, 1.807) is 10.7 Å². The van der Waals surface area contributed by atoms with Gasteiger partial charge in [0.05, 0.1) is 12.7 Å². The van der Waals surface area contributed by atoms with E-state index in [1.165, 1.54) is 0 Å². The molecule has 3 heterocycles. The van der Waals surface area contributed by atoms with Crippen LogP contribution in [0, 0.1) is 0 Å². The highest BCUT2D eigenvalue weighted by atomic mass is 15.5. The summed E-state index contributed by atoms with van der Waals surface area (Å²) < 4.78 is 1.69. The van der Waals surface area contributed by atoms with Crippen molar-refractivity contribution in [2.24, 2.45) is 0 Å². The van der Waals surface area contributed by atoms with E-state index in [1.807, 2.05) is 18.3 Å². The summed E-state index contributed by atoms with van der Waals surface area (Å²) in [5.74, 6) is 1.34. The Bertz CT molecular complexity index is 583. The molecule has 0 atom stereocenters. The maximum Gasteiger partial charge on any atom is 0.193 e. The third-order valence-electron chi connectivity index (χ3n) is 2.07. The zero-order valence-corrected chi connectivity index (χ0v) is 8.20. The van der Waals surface area contributed by atoms with Crippen molar-refractivity contribution in [2.45, 2.75) is 6.54 Å². The fraction of sp³-hybridized carbons (Fsp3) is 0.125. The van der Waals surface area contributed by atoms with E-state index >= 15 is 0 Å². The van der Waals surface area contributed by atoms with Gasteiger partial charge in [0.1, 0.15) is 5.82 Å². The fourth-order valence-corrected chi connectivity index (χ4v) is 1.34. The van der Waals surface area contributed by atoms with E-state index < -0.39 is 0 Å². The van der Waals surface area contributed by atoms with Gasteiger partial charge in [-0.2, -0.15) is 10.3 Å². The van der Waals surface area contributed by atoms with Gasteiger partial charge in [-0.05, 0) is 6.07 Å². The molecule has 8 heteroatoms. The predicted octanol–water partition coefficient (Wildman–Crippen LogP) is -0.146. The maximum absolute atomic E-state index is 4.34. The van der Waals surface area contributed by atoms with E-state index in [4.69, 9.17) is 0 Å². The van der Waals surface area contributed by atoms with Gasteiger partial charge >= 0.3 is 0 Å². The summed E-state index contributed by atoms with van der Waals surface area (Å²) in [7, 11) is 0. The molecule has 0 unspecified atom stereocenters. The quantitative estimate of drug-likeness (QED) is 0.632. The molecule has 8 nitrogen and oxygen atoms in total. The summed E-state index contributed by atoms with van der Waals surface area (Å²) in [4.78, 5) is 4.34. The predicted molar refractivity (Wildman–Crippen MR) is 54.5 cm³/mol. The normalized spacial score (nSPS) is 10.8. The molecule has 0 aliphatic rings. The zero-order chi connectivity index (χ0) is 10.8. The Hall–Kier alpha value is -2.51. The van der Waals surface area contributed by atoms with Gasteiger partial charge in [0.25, 0.3) is 0 Å². The third-order valence-corrected chi connectivity index (χ3v) is 2.07. The van der Waals surface area contributed by atoms with Crippen LogP contribution in [0.4, 0.5) is 5.82 Å².